The van der Waals surface area contributed by atoms with Crippen LogP contribution in [0.15, 0.2) is 35.2 Å². The Bertz CT molecular complexity index is 377. The smallest absolute Gasteiger partial charge is 0.255 e. The van der Waals surface area contributed by atoms with Gasteiger partial charge in [-0.2, -0.15) is 4.74 Å². The van der Waals surface area contributed by atoms with Crippen molar-refractivity contribution in [2.45, 2.75) is 49.4 Å². The zero-order chi connectivity index (χ0) is 13.2. The molecule has 0 aliphatic carbocycles. The Kier molecular flexibility index (Phi) is 4.43. The quantitative estimate of drug-likeness (QED) is 0.605. The minimum absolute atomic E-state index is 0.0436. The van der Waals surface area contributed by atoms with Crippen LogP contribution in [0.3, 0.4) is 0 Å². The van der Waals surface area contributed by atoms with Crippen molar-refractivity contribution in [1.29, 1.82) is 0 Å². The van der Waals surface area contributed by atoms with Crippen molar-refractivity contribution in [1.82, 2.24) is 0 Å². The molecule has 0 aromatic heterocycles. The first-order valence-corrected chi connectivity index (χ1v) is 10.6. The Balaban J connectivity index is 1.91. The summed E-state index contributed by atoms with van der Waals surface area (Å²) in [5.74, 6) is 0. The molecule has 1 saturated heterocycles. The Morgan fingerprint density at radius 3 is 2.56 bits per heavy atom. The van der Waals surface area contributed by atoms with Crippen LogP contribution in [0.2, 0.25) is 19.6 Å². The largest absolute Gasteiger partial charge is 0.389 e. The Morgan fingerprint density at radius 2 is 1.94 bits per heavy atom. The monoisotopic (exact) mass is 281 g/mol. The molecule has 2 unspecified atom stereocenters. The van der Waals surface area contributed by atoms with Crippen LogP contribution in [0.1, 0.15) is 13.3 Å². The highest BCUT2D eigenvalue weighted by atomic mass is 32.2. The lowest BCUT2D eigenvalue weighted by Crippen LogP contribution is -2.31. The molecule has 0 amide bonds. The molecule has 2 nitrogen and oxygen atoms in total. The maximum Gasteiger partial charge on any atom is 0.255 e. The second-order valence-corrected chi connectivity index (χ2v) is 11.3. The number of hydrogen-bond donors (Lipinski definition) is 0. The van der Waals surface area contributed by atoms with Gasteiger partial charge in [0.25, 0.3) is 6.10 Å². The summed E-state index contributed by atoms with van der Waals surface area (Å²) in [6.07, 6.45) is 2.00. The van der Waals surface area contributed by atoms with Crippen molar-refractivity contribution in [2.24, 2.45) is 0 Å². The lowest BCUT2D eigenvalue weighted by atomic mass is 10.2. The standard InChI is InChI=1S/C14H21O2SSi/c1-11-13(17-12-8-6-5-7-9-12)10-14(15-11)16-18(2,3)4/h5-9,13-14H,10H2,1-4H3/q+1. The van der Waals surface area contributed by atoms with Crippen LogP contribution in [0, 0.1) is 6.10 Å². The number of ether oxygens (including phenoxy) is 1. The van der Waals surface area contributed by atoms with Gasteiger partial charge in [-0.15, -0.1) is 0 Å². The number of hydrogen-bond acceptors (Lipinski definition) is 3. The minimum atomic E-state index is -1.52. The van der Waals surface area contributed by atoms with Gasteiger partial charge in [-0.1, -0.05) is 30.0 Å². The van der Waals surface area contributed by atoms with Crippen LogP contribution in [0.25, 0.3) is 0 Å². The summed E-state index contributed by atoms with van der Waals surface area (Å²) in [6, 6.07) is 10.5. The third-order valence-corrected chi connectivity index (χ3v) is 5.01. The van der Waals surface area contributed by atoms with Gasteiger partial charge in [0.1, 0.15) is 6.92 Å². The fourth-order valence-electron chi connectivity index (χ4n) is 1.93. The molecular formula is C14H21O2SSi+. The van der Waals surface area contributed by atoms with Crippen molar-refractivity contribution in [3.05, 3.63) is 36.4 Å². The van der Waals surface area contributed by atoms with E-state index in [0.29, 0.717) is 5.25 Å². The number of rotatable bonds is 4. The topological polar surface area (TPSA) is 18.5 Å². The molecule has 1 aromatic carbocycles. The van der Waals surface area contributed by atoms with Gasteiger partial charge in [0, 0.05) is 4.90 Å². The molecule has 0 N–H and O–H groups in total. The summed E-state index contributed by atoms with van der Waals surface area (Å²) in [6.45, 7) is 8.66. The molecule has 98 valence electrons. The molecule has 2 atom stereocenters. The third kappa shape index (κ3) is 4.05. The van der Waals surface area contributed by atoms with Gasteiger partial charge in [0.05, 0.1) is 6.42 Å². The van der Waals surface area contributed by atoms with Crippen LogP contribution in [0.4, 0.5) is 0 Å². The van der Waals surface area contributed by atoms with Crippen LogP contribution in [-0.2, 0) is 9.16 Å². The van der Waals surface area contributed by atoms with Crippen LogP contribution in [-0.4, -0.2) is 19.9 Å². The van der Waals surface area contributed by atoms with E-state index in [2.05, 4.69) is 50.8 Å². The highest BCUT2D eigenvalue weighted by Crippen LogP contribution is 2.39. The maximum atomic E-state index is 6.02. The summed E-state index contributed by atoms with van der Waals surface area (Å²) in [5, 5.41) is 0.411. The fraction of sp³-hybridized carbons (Fsp3) is 0.500. The van der Waals surface area contributed by atoms with Crippen LogP contribution in [0.5, 0.6) is 0 Å². The van der Waals surface area contributed by atoms with Crippen molar-refractivity contribution < 1.29 is 9.16 Å². The van der Waals surface area contributed by atoms with Gasteiger partial charge in [-0.25, -0.2) is 0 Å². The molecule has 1 aliphatic rings. The Morgan fingerprint density at radius 1 is 1.28 bits per heavy atom. The summed E-state index contributed by atoms with van der Waals surface area (Å²) in [5.41, 5.74) is 0. The SMILES string of the molecule is C[C+]1OC(O[Si](C)(C)C)CC1Sc1ccccc1. The average molecular weight is 281 g/mol. The normalized spacial score (nSPS) is 24.6. The molecular weight excluding hydrogens is 260 g/mol. The van der Waals surface area contributed by atoms with Crippen molar-refractivity contribution >= 4 is 20.1 Å². The minimum Gasteiger partial charge on any atom is -0.389 e. The lowest BCUT2D eigenvalue weighted by Gasteiger charge is -2.19. The average Bonchev–Trinajstić information content (AvgIpc) is 2.58. The van der Waals surface area contributed by atoms with E-state index in [4.69, 9.17) is 9.16 Å². The molecule has 0 saturated carbocycles. The Hall–Kier alpha value is -0.423. The summed E-state index contributed by atoms with van der Waals surface area (Å²) in [4.78, 5) is 1.29. The molecule has 4 heteroatoms. The van der Waals surface area contributed by atoms with Crippen LogP contribution >= 0.6 is 11.8 Å². The molecule has 0 radical (unpaired) electrons. The lowest BCUT2D eigenvalue weighted by molar-refractivity contribution is -0.0396. The van der Waals surface area contributed by atoms with E-state index in [1.165, 1.54) is 4.90 Å². The van der Waals surface area contributed by atoms with E-state index in [1.807, 2.05) is 17.8 Å². The first kappa shape index (κ1) is 14.0. The van der Waals surface area contributed by atoms with Crippen molar-refractivity contribution in [3.63, 3.8) is 0 Å². The summed E-state index contributed by atoms with van der Waals surface area (Å²) < 4.78 is 11.8. The van der Waals surface area contributed by atoms with E-state index in [-0.39, 0.29) is 6.29 Å². The first-order valence-electron chi connectivity index (χ1n) is 6.34. The van der Waals surface area contributed by atoms with Gasteiger partial charge in [0.15, 0.2) is 13.6 Å². The summed E-state index contributed by atoms with van der Waals surface area (Å²) >= 11 is 1.86. The Labute approximate surface area is 115 Å². The molecule has 2 rings (SSSR count). The van der Waals surface area contributed by atoms with Gasteiger partial charge < -0.3 is 4.43 Å². The molecule has 1 aromatic rings. The van der Waals surface area contributed by atoms with E-state index in [9.17, 15) is 0 Å². The molecule has 0 spiro atoms. The molecule has 1 fully saturated rings. The summed E-state index contributed by atoms with van der Waals surface area (Å²) in [7, 11) is -1.52. The van der Waals surface area contributed by atoms with Gasteiger partial charge >= 0.3 is 0 Å². The van der Waals surface area contributed by atoms with E-state index in [1.54, 1.807) is 0 Å². The second-order valence-electron chi connectivity index (χ2n) is 5.54. The number of benzene rings is 1. The van der Waals surface area contributed by atoms with E-state index in [0.717, 1.165) is 12.5 Å². The third-order valence-electron chi connectivity index (χ3n) is 2.68. The second kappa shape index (κ2) is 5.69. The molecule has 1 aliphatic heterocycles. The zero-order valence-corrected chi connectivity index (χ0v) is 13.3. The highest BCUT2D eigenvalue weighted by Gasteiger charge is 2.45. The van der Waals surface area contributed by atoms with E-state index >= 15 is 0 Å². The van der Waals surface area contributed by atoms with Gasteiger partial charge in [-0.3, -0.25) is 0 Å². The van der Waals surface area contributed by atoms with Crippen molar-refractivity contribution in [2.75, 3.05) is 0 Å². The van der Waals surface area contributed by atoms with Gasteiger partial charge in [-0.05, 0) is 31.8 Å². The van der Waals surface area contributed by atoms with E-state index < -0.39 is 8.32 Å². The molecule has 1 heterocycles. The zero-order valence-electron chi connectivity index (χ0n) is 11.5. The highest BCUT2D eigenvalue weighted by molar-refractivity contribution is 8.00. The first-order chi connectivity index (χ1) is 8.44. The molecule has 0 bridgehead atoms. The predicted molar refractivity (Wildman–Crippen MR) is 78.9 cm³/mol. The molecule has 18 heavy (non-hydrogen) atoms. The predicted octanol–water partition coefficient (Wildman–Crippen LogP) is 4.30. The number of thioether (sulfide) groups is 1. The fourth-order valence-corrected chi connectivity index (χ4v) is 3.98. The van der Waals surface area contributed by atoms with Crippen molar-refractivity contribution in [3.8, 4) is 0 Å². The van der Waals surface area contributed by atoms with Gasteiger partial charge in [0.2, 0.25) is 6.29 Å². The van der Waals surface area contributed by atoms with Crippen LogP contribution < -0.4 is 0 Å². The maximum absolute atomic E-state index is 6.02.